The zero-order valence-electron chi connectivity index (χ0n) is 11.4. The standard InChI is InChI=1S/C16H16FNO2S/c17-14-8-6-13(7-9-14)12-21(20)11-10-16(19)18-15-4-2-1-3-5-15/h1-9H,10-12H2,(H,18,19)/t21-/m1/s1. The van der Waals surface area contributed by atoms with Crippen molar-refractivity contribution in [3.63, 3.8) is 0 Å². The molecule has 5 heteroatoms. The van der Waals surface area contributed by atoms with Gasteiger partial charge >= 0.3 is 0 Å². The molecule has 2 rings (SSSR count). The quantitative estimate of drug-likeness (QED) is 0.891. The van der Waals surface area contributed by atoms with Crippen LogP contribution in [-0.4, -0.2) is 15.9 Å². The van der Waals surface area contributed by atoms with Crippen LogP contribution < -0.4 is 5.32 Å². The van der Waals surface area contributed by atoms with Gasteiger partial charge in [-0.1, -0.05) is 30.3 Å². The van der Waals surface area contributed by atoms with Crippen LogP contribution in [0.4, 0.5) is 10.1 Å². The summed E-state index contributed by atoms with van der Waals surface area (Å²) in [5, 5.41) is 2.75. The smallest absolute Gasteiger partial charge is 0.225 e. The SMILES string of the molecule is O=C(CC[S@@](=O)Cc1ccc(F)cc1)Nc1ccccc1. The maximum absolute atomic E-state index is 12.8. The molecule has 110 valence electrons. The van der Waals surface area contributed by atoms with Crippen LogP contribution in [0.15, 0.2) is 54.6 Å². The minimum Gasteiger partial charge on any atom is -0.326 e. The molecule has 1 N–H and O–H groups in total. The minimum atomic E-state index is -1.14. The van der Waals surface area contributed by atoms with Gasteiger partial charge in [-0.15, -0.1) is 0 Å². The number of hydrogen-bond acceptors (Lipinski definition) is 2. The van der Waals surface area contributed by atoms with Gasteiger partial charge in [-0.3, -0.25) is 9.00 Å². The van der Waals surface area contributed by atoms with E-state index in [1.807, 2.05) is 18.2 Å². The molecule has 0 aliphatic carbocycles. The average Bonchev–Trinajstić information content (AvgIpc) is 2.49. The monoisotopic (exact) mass is 305 g/mol. The van der Waals surface area contributed by atoms with Gasteiger partial charge in [0.05, 0.1) is 0 Å². The summed E-state index contributed by atoms with van der Waals surface area (Å²) in [7, 11) is -1.14. The number of anilines is 1. The van der Waals surface area contributed by atoms with Crippen molar-refractivity contribution in [2.45, 2.75) is 12.2 Å². The summed E-state index contributed by atoms with van der Waals surface area (Å²) in [5.41, 5.74) is 1.53. The molecule has 0 fully saturated rings. The van der Waals surface area contributed by atoms with Crippen LogP contribution >= 0.6 is 0 Å². The van der Waals surface area contributed by atoms with Crippen LogP contribution in [-0.2, 0) is 21.3 Å². The Bertz CT molecular complexity index is 614. The fourth-order valence-electron chi connectivity index (χ4n) is 1.79. The normalized spacial score (nSPS) is 11.9. The predicted octanol–water partition coefficient (Wildman–Crippen LogP) is 3.10. The number of para-hydroxylation sites is 1. The third kappa shape index (κ3) is 5.47. The highest BCUT2D eigenvalue weighted by Crippen LogP contribution is 2.08. The Balaban J connectivity index is 1.76. The van der Waals surface area contributed by atoms with Crippen LogP contribution in [0, 0.1) is 5.82 Å². The van der Waals surface area contributed by atoms with E-state index < -0.39 is 10.8 Å². The molecule has 0 heterocycles. The second kappa shape index (κ2) is 7.69. The fraction of sp³-hybridized carbons (Fsp3) is 0.188. The molecule has 0 aromatic heterocycles. The lowest BCUT2D eigenvalue weighted by Crippen LogP contribution is -2.15. The van der Waals surface area contributed by atoms with E-state index >= 15 is 0 Å². The van der Waals surface area contributed by atoms with Crippen LogP contribution in [0.3, 0.4) is 0 Å². The van der Waals surface area contributed by atoms with Gasteiger partial charge in [0.15, 0.2) is 0 Å². The first-order valence-corrected chi connectivity index (χ1v) is 8.06. The average molecular weight is 305 g/mol. The molecule has 3 nitrogen and oxygen atoms in total. The number of benzene rings is 2. The van der Waals surface area contributed by atoms with Gasteiger partial charge in [-0.05, 0) is 29.8 Å². The second-order valence-electron chi connectivity index (χ2n) is 4.58. The van der Waals surface area contributed by atoms with E-state index in [9.17, 15) is 13.4 Å². The highest BCUT2D eigenvalue weighted by atomic mass is 32.2. The van der Waals surface area contributed by atoms with Crippen molar-refractivity contribution in [2.75, 3.05) is 11.1 Å². The number of halogens is 1. The predicted molar refractivity (Wildman–Crippen MR) is 82.8 cm³/mol. The summed E-state index contributed by atoms with van der Waals surface area (Å²) in [6, 6.07) is 15.0. The lowest BCUT2D eigenvalue weighted by molar-refractivity contribution is -0.115. The Morgan fingerprint density at radius 2 is 1.71 bits per heavy atom. The van der Waals surface area contributed by atoms with Gasteiger partial charge in [-0.2, -0.15) is 0 Å². The summed E-state index contributed by atoms with van der Waals surface area (Å²) in [6.07, 6.45) is 0.197. The molecule has 0 bridgehead atoms. The van der Waals surface area contributed by atoms with Gasteiger partial charge in [-0.25, -0.2) is 4.39 Å². The highest BCUT2D eigenvalue weighted by molar-refractivity contribution is 7.84. The summed E-state index contributed by atoms with van der Waals surface area (Å²) < 4.78 is 24.6. The molecule has 0 aliphatic rings. The summed E-state index contributed by atoms with van der Waals surface area (Å²) in [6.45, 7) is 0. The van der Waals surface area contributed by atoms with Crippen molar-refractivity contribution < 1.29 is 13.4 Å². The van der Waals surface area contributed by atoms with Crippen LogP contribution in [0.25, 0.3) is 0 Å². The van der Waals surface area contributed by atoms with E-state index in [0.717, 1.165) is 11.3 Å². The number of carbonyl (C=O) groups is 1. The molecule has 2 aromatic carbocycles. The van der Waals surface area contributed by atoms with Crippen molar-refractivity contribution in [3.05, 3.63) is 66.0 Å². The van der Waals surface area contributed by atoms with Crippen LogP contribution in [0.5, 0.6) is 0 Å². The van der Waals surface area contributed by atoms with E-state index in [2.05, 4.69) is 5.32 Å². The molecule has 0 spiro atoms. The van der Waals surface area contributed by atoms with Gasteiger partial charge in [0.2, 0.25) is 5.91 Å². The third-order valence-electron chi connectivity index (χ3n) is 2.86. The molecule has 0 unspecified atom stereocenters. The fourth-order valence-corrected chi connectivity index (χ4v) is 2.91. The third-order valence-corrected chi connectivity index (χ3v) is 4.17. The molecular formula is C16H16FNO2S. The van der Waals surface area contributed by atoms with E-state index in [4.69, 9.17) is 0 Å². The number of nitrogens with one attached hydrogen (secondary N) is 1. The summed E-state index contributed by atoms with van der Waals surface area (Å²) >= 11 is 0. The van der Waals surface area contributed by atoms with Crippen molar-refractivity contribution in [1.29, 1.82) is 0 Å². The molecule has 1 amide bonds. The maximum Gasteiger partial charge on any atom is 0.225 e. The lowest BCUT2D eigenvalue weighted by Gasteiger charge is -2.05. The van der Waals surface area contributed by atoms with E-state index in [-0.39, 0.29) is 23.9 Å². The van der Waals surface area contributed by atoms with Crippen molar-refractivity contribution in [3.8, 4) is 0 Å². The van der Waals surface area contributed by atoms with E-state index in [0.29, 0.717) is 5.75 Å². The van der Waals surface area contributed by atoms with Crippen LogP contribution in [0.1, 0.15) is 12.0 Å². The number of amides is 1. The van der Waals surface area contributed by atoms with Gasteiger partial charge in [0.1, 0.15) is 5.82 Å². The summed E-state index contributed by atoms with van der Waals surface area (Å²) in [4.78, 5) is 11.7. The zero-order chi connectivity index (χ0) is 15.1. The highest BCUT2D eigenvalue weighted by Gasteiger charge is 2.07. The molecule has 0 saturated carbocycles. The Labute approximate surface area is 125 Å². The Morgan fingerprint density at radius 3 is 2.38 bits per heavy atom. The largest absolute Gasteiger partial charge is 0.326 e. The molecule has 0 aliphatic heterocycles. The zero-order valence-corrected chi connectivity index (χ0v) is 12.2. The Hall–Kier alpha value is -2.01. The molecule has 0 radical (unpaired) electrons. The first-order valence-electron chi connectivity index (χ1n) is 6.58. The van der Waals surface area contributed by atoms with Crippen molar-refractivity contribution in [2.24, 2.45) is 0 Å². The number of carbonyl (C=O) groups excluding carboxylic acids is 1. The van der Waals surface area contributed by atoms with Gasteiger partial charge in [0, 0.05) is 34.4 Å². The van der Waals surface area contributed by atoms with Gasteiger partial charge < -0.3 is 5.32 Å². The molecular weight excluding hydrogens is 289 g/mol. The number of hydrogen-bond donors (Lipinski definition) is 1. The minimum absolute atomic E-state index is 0.159. The van der Waals surface area contributed by atoms with Crippen molar-refractivity contribution in [1.82, 2.24) is 0 Å². The van der Waals surface area contributed by atoms with Gasteiger partial charge in [0.25, 0.3) is 0 Å². The molecule has 2 aromatic rings. The topological polar surface area (TPSA) is 46.2 Å². The first-order chi connectivity index (χ1) is 10.1. The number of rotatable bonds is 6. The summed E-state index contributed by atoms with van der Waals surface area (Å²) in [5.74, 6) is 0.148. The Kier molecular flexibility index (Phi) is 5.63. The maximum atomic E-state index is 12.8. The first kappa shape index (κ1) is 15.4. The van der Waals surface area contributed by atoms with Crippen molar-refractivity contribution >= 4 is 22.4 Å². The van der Waals surface area contributed by atoms with E-state index in [1.54, 1.807) is 24.3 Å². The molecule has 1 atom stereocenters. The Morgan fingerprint density at radius 1 is 1.05 bits per heavy atom. The molecule has 0 saturated heterocycles. The molecule has 21 heavy (non-hydrogen) atoms. The van der Waals surface area contributed by atoms with Crippen LogP contribution in [0.2, 0.25) is 0 Å². The second-order valence-corrected chi connectivity index (χ2v) is 6.16. The van der Waals surface area contributed by atoms with E-state index in [1.165, 1.54) is 12.1 Å². The lowest BCUT2D eigenvalue weighted by atomic mass is 10.2.